The number of pyridine rings is 1. The number of nitrogens with one attached hydrogen (secondary N) is 1. The van der Waals surface area contributed by atoms with E-state index >= 15 is 0 Å². The third-order valence-electron chi connectivity index (χ3n) is 4.49. The molecule has 1 fully saturated rings. The van der Waals surface area contributed by atoms with Crippen LogP contribution in [-0.2, 0) is 19.6 Å². The number of carbonyl (C=O) groups is 2. The lowest BCUT2D eigenvalue weighted by Crippen LogP contribution is -2.48. The molecule has 1 unspecified atom stereocenters. The van der Waals surface area contributed by atoms with Crippen LogP contribution in [0.15, 0.2) is 53.7 Å². The summed E-state index contributed by atoms with van der Waals surface area (Å²) in [6, 6.07) is 10.6. The molecule has 156 valence electrons. The molecule has 1 N–H and O–H groups in total. The zero-order valence-corrected chi connectivity index (χ0v) is 17.7. The van der Waals surface area contributed by atoms with E-state index in [-0.39, 0.29) is 10.8 Å². The molecule has 1 aliphatic rings. The Hall–Kier alpha value is -2.94. The van der Waals surface area contributed by atoms with Crippen LogP contribution < -0.4 is 5.32 Å². The van der Waals surface area contributed by atoms with Gasteiger partial charge in [-0.3, -0.25) is 14.6 Å². The molecule has 1 atom stereocenters. The number of hydrogen-bond donors (Lipinski definition) is 1. The standard InChI is InChI=1S/C19H19N5O4S2/c1-23(30(27,28)16-3-2-8-21-10-16)11-18(25)24-13-29-12-17(24)19(26)22-15-6-4-14(9-20)5-7-15/h2-8,10,17H,11-13H2,1H3,(H,22,26). The van der Waals surface area contributed by atoms with Gasteiger partial charge in [-0.25, -0.2) is 8.42 Å². The number of nitrogens with zero attached hydrogens (tertiary/aromatic N) is 4. The van der Waals surface area contributed by atoms with Crippen molar-refractivity contribution in [1.29, 1.82) is 5.26 Å². The van der Waals surface area contributed by atoms with Crippen LogP contribution in [-0.4, -0.2) is 65.7 Å². The second-order valence-electron chi connectivity index (χ2n) is 6.51. The summed E-state index contributed by atoms with van der Waals surface area (Å²) in [5.41, 5.74) is 0.985. The lowest BCUT2D eigenvalue weighted by atomic mass is 10.2. The summed E-state index contributed by atoms with van der Waals surface area (Å²) in [5, 5.41) is 11.6. The summed E-state index contributed by atoms with van der Waals surface area (Å²) < 4.78 is 26.1. The number of rotatable bonds is 6. The lowest BCUT2D eigenvalue weighted by Gasteiger charge is -2.25. The zero-order valence-electron chi connectivity index (χ0n) is 16.1. The topological polar surface area (TPSA) is 123 Å². The van der Waals surface area contributed by atoms with Crippen molar-refractivity contribution in [2.75, 3.05) is 30.5 Å². The highest BCUT2D eigenvalue weighted by Crippen LogP contribution is 2.23. The van der Waals surface area contributed by atoms with E-state index < -0.39 is 28.5 Å². The van der Waals surface area contributed by atoms with Gasteiger partial charge in [0.1, 0.15) is 10.9 Å². The first-order valence-electron chi connectivity index (χ1n) is 8.87. The predicted octanol–water partition coefficient (Wildman–Crippen LogP) is 1.11. The molecular weight excluding hydrogens is 426 g/mol. The van der Waals surface area contributed by atoms with Crippen LogP contribution in [0.3, 0.4) is 0 Å². The maximum atomic E-state index is 12.8. The van der Waals surface area contributed by atoms with Gasteiger partial charge in [0.25, 0.3) is 0 Å². The number of aromatic nitrogens is 1. The van der Waals surface area contributed by atoms with Crippen LogP contribution in [0.2, 0.25) is 0 Å². The molecule has 9 nitrogen and oxygen atoms in total. The van der Waals surface area contributed by atoms with Gasteiger partial charge in [0.05, 0.1) is 24.1 Å². The van der Waals surface area contributed by atoms with Crippen LogP contribution in [0.25, 0.3) is 0 Å². The Labute approximate surface area is 178 Å². The highest BCUT2D eigenvalue weighted by Gasteiger charge is 2.36. The van der Waals surface area contributed by atoms with Gasteiger partial charge in [-0.05, 0) is 36.4 Å². The van der Waals surface area contributed by atoms with Gasteiger partial charge in [-0.15, -0.1) is 11.8 Å². The first kappa shape index (κ1) is 21.8. The molecule has 1 aromatic heterocycles. The molecule has 1 aromatic carbocycles. The first-order chi connectivity index (χ1) is 14.3. The zero-order chi connectivity index (χ0) is 21.7. The molecule has 0 bridgehead atoms. The molecular formula is C19H19N5O4S2. The van der Waals surface area contributed by atoms with Crippen molar-refractivity contribution in [3.8, 4) is 6.07 Å². The summed E-state index contributed by atoms with van der Waals surface area (Å²) in [6.45, 7) is -0.390. The SMILES string of the molecule is CN(CC(=O)N1CSCC1C(=O)Nc1ccc(C#N)cc1)S(=O)(=O)c1cccnc1. The molecule has 1 aliphatic heterocycles. The van der Waals surface area contributed by atoms with Gasteiger partial charge in [0, 0.05) is 30.9 Å². The van der Waals surface area contributed by atoms with Crippen molar-refractivity contribution in [1.82, 2.24) is 14.2 Å². The van der Waals surface area contributed by atoms with E-state index in [9.17, 15) is 18.0 Å². The van der Waals surface area contributed by atoms with Gasteiger partial charge < -0.3 is 10.2 Å². The molecule has 11 heteroatoms. The molecule has 0 spiro atoms. The van der Waals surface area contributed by atoms with Gasteiger partial charge in [-0.2, -0.15) is 9.57 Å². The Bertz CT molecular complexity index is 1070. The molecule has 0 radical (unpaired) electrons. The van der Waals surface area contributed by atoms with Crippen molar-refractivity contribution < 1.29 is 18.0 Å². The van der Waals surface area contributed by atoms with E-state index in [4.69, 9.17) is 5.26 Å². The summed E-state index contributed by atoms with van der Waals surface area (Å²) in [6.07, 6.45) is 2.68. The average molecular weight is 446 g/mol. The maximum Gasteiger partial charge on any atom is 0.248 e. The molecule has 0 aliphatic carbocycles. The van der Waals surface area contributed by atoms with Crippen molar-refractivity contribution in [2.24, 2.45) is 0 Å². The third-order valence-corrected chi connectivity index (χ3v) is 7.29. The van der Waals surface area contributed by atoms with E-state index in [0.717, 1.165) is 4.31 Å². The monoisotopic (exact) mass is 445 g/mol. The number of sulfonamides is 1. The highest BCUT2D eigenvalue weighted by atomic mass is 32.2. The Balaban J connectivity index is 1.66. The van der Waals surface area contributed by atoms with Crippen LogP contribution in [0.4, 0.5) is 5.69 Å². The highest BCUT2D eigenvalue weighted by molar-refractivity contribution is 7.99. The normalized spacial score (nSPS) is 16.3. The number of anilines is 1. The molecule has 2 amide bonds. The van der Waals surface area contributed by atoms with Crippen molar-refractivity contribution >= 4 is 39.3 Å². The number of hydrogen-bond acceptors (Lipinski definition) is 7. The van der Waals surface area contributed by atoms with Crippen molar-refractivity contribution in [3.63, 3.8) is 0 Å². The van der Waals surface area contributed by atoms with Gasteiger partial charge >= 0.3 is 0 Å². The van der Waals surface area contributed by atoms with Crippen molar-refractivity contribution in [2.45, 2.75) is 10.9 Å². The number of carbonyl (C=O) groups excluding carboxylic acids is 2. The fraction of sp³-hybridized carbons (Fsp3) is 0.263. The predicted molar refractivity (Wildman–Crippen MR) is 112 cm³/mol. The van der Waals surface area contributed by atoms with Crippen LogP contribution in [0, 0.1) is 11.3 Å². The molecule has 3 rings (SSSR count). The summed E-state index contributed by atoms with van der Waals surface area (Å²) in [4.78, 5) is 30.6. The minimum Gasteiger partial charge on any atom is -0.324 e. The van der Waals surface area contributed by atoms with E-state index in [1.54, 1.807) is 24.3 Å². The molecule has 1 saturated heterocycles. The first-order valence-corrected chi connectivity index (χ1v) is 11.5. The number of likely N-dealkylation sites (N-methyl/N-ethyl adjacent to an activating group) is 1. The Morgan fingerprint density at radius 2 is 2.07 bits per heavy atom. The van der Waals surface area contributed by atoms with Crippen molar-refractivity contribution in [3.05, 3.63) is 54.4 Å². The van der Waals surface area contributed by atoms with E-state index in [1.165, 1.54) is 48.2 Å². The van der Waals surface area contributed by atoms with Crippen LogP contribution in [0.1, 0.15) is 5.56 Å². The maximum absolute atomic E-state index is 12.8. The Morgan fingerprint density at radius 1 is 1.33 bits per heavy atom. The number of thioether (sulfide) groups is 1. The summed E-state index contributed by atoms with van der Waals surface area (Å²) in [5.74, 6) is -0.122. The molecule has 30 heavy (non-hydrogen) atoms. The smallest absolute Gasteiger partial charge is 0.248 e. The minimum absolute atomic E-state index is 0.00814. The Morgan fingerprint density at radius 3 is 2.70 bits per heavy atom. The number of nitriles is 1. The van der Waals surface area contributed by atoms with Gasteiger partial charge in [0.15, 0.2) is 0 Å². The largest absolute Gasteiger partial charge is 0.324 e. The third kappa shape index (κ3) is 4.79. The van der Waals surface area contributed by atoms with Gasteiger partial charge in [0.2, 0.25) is 21.8 Å². The van der Waals surface area contributed by atoms with E-state index in [1.807, 2.05) is 6.07 Å². The minimum atomic E-state index is -3.87. The fourth-order valence-corrected chi connectivity index (χ4v) is 5.07. The second-order valence-corrected chi connectivity index (χ2v) is 9.55. The second kappa shape index (κ2) is 9.25. The van der Waals surface area contributed by atoms with E-state index in [2.05, 4.69) is 10.3 Å². The van der Waals surface area contributed by atoms with E-state index in [0.29, 0.717) is 22.9 Å². The summed E-state index contributed by atoms with van der Waals surface area (Å²) >= 11 is 1.42. The molecule has 0 saturated carbocycles. The molecule has 2 aromatic rings. The molecule has 2 heterocycles. The quantitative estimate of drug-likeness (QED) is 0.706. The van der Waals surface area contributed by atoms with Gasteiger partial charge in [-0.1, -0.05) is 0 Å². The summed E-state index contributed by atoms with van der Waals surface area (Å²) in [7, 11) is -2.55. The Kier molecular flexibility index (Phi) is 6.71. The number of benzene rings is 1. The van der Waals surface area contributed by atoms with Crippen LogP contribution >= 0.6 is 11.8 Å². The average Bonchev–Trinajstić information content (AvgIpc) is 3.25. The lowest BCUT2D eigenvalue weighted by molar-refractivity contribution is -0.136. The van der Waals surface area contributed by atoms with Crippen LogP contribution in [0.5, 0.6) is 0 Å². The fourth-order valence-electron chi connectivity index (χ4n) is 2.81. The number of amides is 2.